The summed E-state index contributed by atoms with van der Waals surface area (Å²) in [5, 5.41) is 3.85. The van der Waals surface area contributed by atoms with Crippen molar-refractivity contribution >= 4 is 6.29 Å². The molecule has 1 N–H and O–H groups in total. The van der Waals surface area contributed by atoms with Crippen LogP contribution < -0.4 is 14.8 Å². The molecule has 0 aliphatic carbocycles. The van der Waals surface area contributed by atoms with Gasteiger partial charge in [0.05, 0.1) is 26.3 Å². The van der Waals surface area contributed by atoms with Crippen molar-refractivity contribution in [3.05, 3.63) is 95.6 Å². The van der Waals surface area contributed by atoms with E-state index in [1.54, 1.807) is 14.2 Å². The van der Waals surface area contributed by atoms with Crippen LogP contribution in [0.4, 0.5) is 0 Å². The summed E-state index contributed by atoms with van der Waals surface area (Å²) in [6.07, 6.45) is 2.83. The van der Waals surface area contributed by atoms with E-state index in [1.807, 2.05) is 30.3 Å². The smallest absolute Gasteiger partial charge is 0.137 e. The number of carbonyl (C=O) groups excluding carboxylic acids is 1. The van der Waals surface area contributed by atoms with Gasteiger partial charge in [0.2, 0.25) is 0 Å². The Hall–Kier alpha value is -3.15. The quantitative estimate of drug-likeness (QED) is 0.488. The Balaban J connectivity index is 1.47. The molecule has 172 valence electrons. The van der Waals surface area contributed by atoms with Gasteiger partial charge in [-0.3, -0.25) is 4.90 Å². The number of ether oxygens (including phenoxy) is 2. The minimum absolute atomic E-state index is 0.0953. The number of nitrogens with zero attached hydrogens (tertiary/aromatic N) is 1. The molecule has 1 aliphatic heterocycles. The van der Waals surface area contributed by atoms with Gasteiger partial charge in [0.25, 0.3) is 0 Å². The number of nitrogens with one attached hydrogen (secondary N) is 1. The number of hydrogen-bond acceptors (Lipinski definition) is 5. The molecule has 0 aromatic heterocycles. The fourth-order valence-corrected chi connectivity index (χ4v) is 4.65. The maximum atomic E-state index is 12.1. The molecule has 33 heavy (non-hydrogen) atoms. The third-order valence-corrected chi connectivity index (χ3v) is 6.45. The van der Waals surface area contributed by atoms with Crippen molar-refractivity contribution in [3.8, 4) is 11.5 Å². The summed E-state index contributed by atoms with van der Waals surface area (Å²) in [6, 6.07) is 27.1. The molecular weight excluding hydrogens is 412 g/mol. The van der Waals surface area contributed by atoms with E-state index in [2.05, 4.69) is 58.7 Å². The lowest BCUT2D eigenvalue weighted by Crippen LogP contribution is -2.49. The zero-order valence-corrected chi connectivity index (χ0v) is 19.3. The Morgan fingerprint density at radius 3 is 2.21 bits per heavy atom. The van der Waals surface area contributed by atoms with Crippen LogP contribution in [0.15, 0.2) is 78.9 Å². The molecule has 4 rings (SSSR count). The fraction of sp³-hybridized carbons (Fsp3) is 0.321. The summed E-state index contributed by atoms with van der Waals surface area (Å²) in [5.41, 5.74) is 3.52. The van der Waals surface area contributed by atoms with Crippen molar-refractivity contribution < 1.29 is 14.3 Å². The largest absolute Gasteiger partial charge is 0.497 e. The van der Waals surface area contributed by atoms with Crippen LogP contribution in [0.2, 0.25) is 0 Å². The van der Waals surface area contributed by atoms with E-state index < -0.39 is 0 Å². The molecule has 5 nitrogen and oxygen atoms in total. The van der Waals surface area contributed by atoms with Crippen LogP contribution in [-0.2, 0) is 11.3 Å². The maximum absolute atomic E-state index is 12.1. The predicted molar refractivity (Wildman–Crippen MR) is 131 cm³/mol. The Kier molecular flexibility index (Phi) is 7.76. The van der Waals surface area contributed by atoms with Gasteiger partial charge in [-0.1, -0.05) is 66.7 Å². The summed E-state index contributed by atoms with van der Waals surface area (Å²) < 4.78 is 10.9. The highest BCUT2D eigenvalue weighted by molar-refractivity contribution is 5.58. The van der Waals surface area contributed by atoms with Gasteiger partial charge in [0, 0.05) is 30.8 Å². The van der Waals surface area contributed by atoms with Gasteiger partial charge < -0.3 is 19.6 Å². The maximum Gasteiger partial charge on any atom is 0.137 e. The highest BCUT2D eigenvalue weighted by atomic mass is 16.5. The van der Waals surface area contributed by atoms with Crippen LogP contribution in [0.3, 0.4) is 0 Å². The van der Waals surface area contributed by atoms with Crippen LogP contribution in [0, 0.1) is 0 Å². The van der Waals surface area contributed by atoms with Crippen molar-refractivity contribution in [2.45, 2.75) is 37.5 Å². The number of aldehydes is 1. The number of hydrogen-bond donors (Lipinski definition) is 1. The lowest BCUT2D eigenvalue weighted by atomic mass is 9.93. The number of likely N-dealkylation sites (tertiary alicyclic amines) is 1. The van der Waals surface area contributed by atoms with Gasteiger partial charge in [-0.25, -0.2) is 0 Å². The highest BCUT2D eigenvalue weighted by Gasteiger charge is 2.30. The third-order valence-electron chi connectivity index (χ3n) is 6.45. The van der Waals surface area contributed by atoms with E-state index in [4.69, 9.17) is 9.47 Å². The first-order chi connectivity index (χ1) is 16.2. The number of rotatable bonds is 9. The van der Waals surface area contributed by atoms with Crippen molar-refractivity contribution in [2.75, 3.05) is 20.8 Å². The molecule has 1 fully saturated rings. The fourth-order valence-electron chi connectivity index (χ4n) is 4.65. The first-order valence-electron chi connectivity index (χ1n) is 11.5. The molecule has 3 aromatic rings. The topological polar surface area (TPSA) is 50.8 Å². The second kappa shape index (κ2) is 11.1. The van der Waals surface area contributed by atoms with E-state index in [0.717, 1.165) is 42.7 Å². The average molecular weight is 445 g/mol. The second-order valence-electron chi connectivity index (χ2n) is 8.49. The van der Waals surface area contributed by atoms with Crippen LogP contribution >= 0.6 is 0 Å². The lowest BCUT2D eigenvalue weighted by Gasteiger charge is -2.39. The third kappa shape index (κ3) is 5.62. The van der Waals surface area contributed by atoms with E-state index >= 15 is 0 Å². The zero-order valence-electron chi connectivity index (χ0n) is 19.3. The van der Waals surface area contributed by atoms with Gasteiger partial charge in [0.15, 0.2) is 0 Å². The molecule has 0 saturated carbocycles. The monoisotopic (exact) mass is 444 g/mol. The molecule has 0 spiro atoms. The molecule has 1 heterocycles. The minimum atomic E-state index is -0.143. The van der Waals surface area contributed by atoms with Crippen molar-refractivity contribution in [1.29, 1.82) is 0 Å². The number of piperidine rings is 1. The molecule has 5 heteroatoms. The summed E-state index contributed by atoms with van der Waals surface area (Å²) in [6.45, 7) is 1.51. The first kappa shape index (κ1) is 23.0. The van der Waals surface area contributed by atoms with Gasteiger partial charge in [-0.15, -0.1) is 0 Å². The van der Waals surface area contributed by atoms with Crippen LogP contribution in [0.1, 0.15) is 35.6 Å². The number of carbonyl (C=O) groups is 1. The van der Waals surface area contributed by atoms with Crippen molar-refractivity contribution in [2.24, 2.45) is 0 Å². The predicted octanol–water partition coefficient (Wildman–Crippen LogP) is 4.61. The normalized spacial score (nSPS) is 18.8. The SMILES string of the molecule is COc1ccc(CN2CCC(NC(c3ccccc3)c3ccccc3)CC2C=O)c(OC)c1. The minimum Gasteiger partial charge on any atom is -0.497 e. The molecule has 0 radical (unpaired) electrons. The molecule has 1 saturated heterocycles. The molecule has 2 unspecified atom stereocenters. The number of methoxy groups -OCH3 is 2. The summed E-state index contributed by atoms with van der Waals surface area (Å²) in [4.78, 5) is 14.3. The Bertz CT molecular complexity index is 986. The van der Waals surface area contributed by atoms with E-state index in [9.17, 15) is 4.79 Å². The van der Waals surface area contributed by atoms with Crippen LogP contribution in [-0.4, -0.2) is 44.0 Å². The van der Waals surface area contributed by atoms with E-state index in [0.29, 0.717) is 6.54 Å². The molecular formula is C28H32N2O3. The van der Waals surface area contributed by atoms with Gasteiger partial charge >= 0.3 is 0 Å². The van der Waals surface area contributed by atoms with Gasteiger partial charge in [-0.2, -0.15) is 0 Å². The molecule has 0 amide bonds. The Morgan fingerprint density at radius 2 is 1.64 bits per heavy atom. The molecule has 0 bridgehead atoms. The lowest BCUT2D eigenvalue weighted by molar-refractivity contribution is -0.114. The second-order valence-corrected chi connectivity index (χ2v) is 8.49. The number of benzene rings is 3. The van der Waals surface area contributed by atoms with Gasteiger partial charge in [-0.05, 0) is 30.0 Å². The van der Waals surface area contributed by atoms with E-state index in [-0.39, 0.29) is 18.1 Å². The summed E-state index contributed by atoms with van der Waals surface area (Å²) in [7, 11) is 3.31. The summed E-state index contributed by atoms with van der Waals surface area (Å²) >= 11 is 0. The van der Waals surface area contributed by atoms with Crippen LogP contribution in [0.25, 0.3) is 0 Å². The summed E-state index contributed by atoms with van der Waals surface area (Å²) in [5.74, 6) is 1.55. The average Bonchev–Trinajstić information content (AvgIpc) is 2.89. The molecule has 1 aliphatic rings. The molecule has 2 atom stereocenters. The first-order valence-corrected chi connectivity index (χ1v) is 11.5. The van der Waals surface area contributed by atoms with Crippen molar-refractivity contribution in [3.63, 3.8) is 0 Å². The van der Waals surface area contributed by atoms with Gasteiger partial charge in [0.1, 0.15) is 17.8 Å². The Labute approximate surface area is 196 Å². The van der Waals surface area contributed by atoms with Crippen molar-refractivity contribution in [1.82, 2.24) is 10.2 Å². The standard InChI is InChI=1S/C28H32N2O3/c1-32-26-14-13-23(27(18-26)33-2)19-30-16-15-24(17-25(30)20-31)29-28(21-9-5-3-6-10-21)22-11-7-4-8-12-22/h3-14,18,20,24-25,28-29H,15-17,19H2,1-2H3. The highest BCUT2D eigenvalue weighted by Crippen LogP contribution is 2.29. The van der Waals surface area contributed by atoms with E-state index in [1.165, 1.54) is 11.1 Å². The van der Waals surface area contributed by atoms with Crippen LogP contribution in [0.5, 0.6) is 11.5 Å². The Morgan fingerprint density at radius 1 is 0.970 bits per heavy atom. The zero-order chi connectivity index (χ0) is 23.0. The molecule has 3 aromatic carbocycles.